The van der Waals surface area contributed by atoms with E-state index in [0.29, 0.717) is 0 Å². The first-order chi connectivity index (χ1) is 7.81. The van der Waals surface area contributed by atoms with Gasteiger partial charge in [-0.1, -0.05) is 23.8 Å². The van der Waals surface area contributed by atoms with Crippen LogP contribution in [0.1, 0.15) is 37.3 Å². The highest BCUT2D eigenvalue weighted by molar-refractivity contribution is 5.29. The van der Waals surface area contributed by atoms with Crippen LogP contribution in [0.15, 0.2) is 35.9 Å². The summed E-state index contributed by atoms with van der Waals surface area (Å²) in [7, 11) is 1.94. The second kappa shape index (κ2) is 5.26. The van der Waals surface area contributed by atoms with Crippen LogP contribution < -0.4 is 5.32 Å². The minimum absolute atomic E-state index is 0.158. The summed E-state index contributed by atoms with van der Waals surface area (Å²) in [5.74, 6) is -0.158. The molecule has 0 saturated heterocycles. The van der Waals surface area contributed by atoms with Crippen molar-refractivity contribution in [1.29, 1.82) is 0 Å². The molecule has 1 aliphatic rings. The molecule has 86 valence electrons. The van der Waals surface area contributed by atoms with Crippen molar-refractivity contribution in [3.63, 3.8) is 0 Å². The largest absolute Gasteiger partial charge is 0.310 e. The predicted octanol–water partition coefficient (Wildman–Crippen LogP) is 3.59. The van der Waals surface area contributed by atoms with Gasteiger partial charge in [-0.3, -0.25) is 0 Å². The second-order valence-corrected chi connectivity index (χ2v) is 4.30. The molecule has 1 aromatic rings. The highest BCUT2D eigenvalue weighted by Gasteiger charge is 2.16. The summed E-state index contributed by atoms with van der Waals surface area (Å²) < 4.78 is 13.2. The molecule has 0 aromatic heterocycles. The summed E-state index contributed by atoms with van der Waals surface area (Å²) in [5, 5.41) is 3.28. The third-order valence-corrected chi connectivity index (χ3v) is 3.17. The van der Waals surface area contributed by atoms with E-state index in [2.05, 4.69) is 11.4 Å². The van der Waals surface area contributed by atoms with Gasteiger partial charge >= 0.3 is 0 Å². The SMILES string of the molecule is CNC(C1=CCCCC1)c1cccc(F)c1. The molecule has 1 aliphatic carbocycles. The van der Waals surface area contributed by atoms with Crippen molar-refractivity contribution in [3.05, 3.63) is 47.3 Å². The van der Waals surface area contributed by atoms with Gasteiger partial charge in [-0.15, -0.1) is 0 Å². The van der Waals surface area contributed by atoms with Gasteiger partial charge in [0.1, 0.15) is 5.82 Å². The van der Waals surface area contributed by atoms with Crippen LogP contribution in [0.5, 0.6) is 0 Å². The Balaban J connectivity index is 2.25. The summed E-state index contributed by atoms with van der Waals surface area (Å²) in [4.78, 5) is 0. The molecule has 0 spiro atoms. The average molecular weight is 219 g/mol. The van der Waals surface area contributed by atoms with E-state index in [4.69, 9.17) is 0 Å². The minimum atomic E-state index is -0.158. The molecule has 0 radical (unpaired) electrons. The minimum Gasteiger partial charge on any atom is -0.310 e. The molecule has 2 heteroatoms. The molecular formula is C14H18FN. The van der Waals surface area contributed by atoms with E-state index in [1.807, 2.05) is 13.1 Å². The van der Waals surface area contributed by atoms with Crippen molar-refractivity contribution in [2.75, 3.05) is 7.05 Å². The van der Waals surface area contributed by atoms with E-state index >= 15 is 0 Å². The van der Waals surface area contributed by atoms with Gasteiger partial charge in [0.15, 0.2) is 0 Å². The highest BCUT2D eigenvalue weighted by atomic mass is 19.1. The first-order valence-electron chi connectivity index (χ1n) is 5.93. The van der Waals surface area contributed by atoms with Crippen LogP contribution >= 0.6 is 0 Å². The zero-order valence-electron chi connectivity index (χ0n) is 9.67. The molecule has 0 aliphatic heterocycles. The number of hydrogen-bond donors (Lipinski definition) is 1. The van der Waals surface area contributed by atoms with Gasteiger partial charge in [0, 0.05) is 0 Å². The zero-order valence-corrected chi connectivity index (χ0v) is 9.67. The number of halogens is 1. The number of nitrogens with one attached hydrogen (secondary N) is 1. The molecule has 0 fully saturated rings. The number of rotatable bonds is 3. The van der Waals surface area contributed by atoms with Gasteiger partial charge in [-0.05, 0) is 50.4 Å². The average Bonchev–Trinajstić information content (AvgIpc) is 2.31. The standard InChI is InChI=1S/C14H18FN/c1-16-14(11-6-3-2-4-7-11)12-8-5-9-13(15)10-12/h5-6,8-10,14,16H,2-4,7H2,1H3. The topological polar surface area (TPSA) is 12.0 Å². The molecule has 1 N–H and O–H groups in total. The van der Waals surface area contributed by atoms with Crippen LogP contribution in [0.2, 0.25) is 0 Å². The Kier molecular flexibility index (Phi) is 3.73. The third-order valence-electron chi connectivity index (χ3n) is 3.17. The lowest BCUT2D eigenvalue weighted by atomic mass is 9.90. The maximum Gasteiger partial charge on any atom is 0.123 e. The van der Waals surface area contributed by atoms with Gasteiger partial charge in [0.25, 0.3) is 0 Å². The first-order valence-corrected chi connectivity index (χ1v) is 5.93. The summed E-state index contributed by atoms with van der Waals surface area (Å²) in [5.41, 5.74) is 2.43. The first kappa shape index (κ1) is 11.3. The molecular weight excluding hydrogens is 201 g/mol. The fourth-order valence-corrected chi connectivity index (χ4v) is 2.38. The van der Waals surface area contributed by atoms with Crippen LogP contribution in [-0.2, 0) is 0 Å². The van der Waals surface area contributed by atoms with E-state index in [1.165, 1.54) is 24.5 Å². The lowest BCUT2D eigenvalue weighted by molar-refractivity contribution is 0.583. The molecule has 2 rings (SSSR count). The Morgan fingerprint density at radius 2 is 2.19 bits per heavy atom. The summed E-state index contributed by atoms with van der Waals surface area (Å²) in [6.07, 6.45) is 7.11. The predicted molar refractivity (Wildman–Crippen MR) is 64.8 cm³/mol. The molecule has 1 nitrogen and oxygen atoms in total. The van der Waals surface area contributed by atoms with E-state index < -0.39 is 0 Å². The van der Waals surface area contributed by atoms with Gasteiger partial charge in [0.2, 0.25) is 0 Å². The van der Waals surface area contributed by atoms with Crippen molar-refractivity contribution in [2.45, 2.75) is 31.7 Å². The molecule has 1 aromatic carbocycles. The van der Waals surface area contributed by atoms with Crippen molar-refractivity contribution in [2.24, 2.45) is 0 Å². The normalized spacial score (nSPS) is 18.0. The Labute approximate surface area is 96.4 Å². The quantitative estimate of drug-likeness (QED) is 0.766. The molecule has 1 unspecified atom stereocenters. The van der Waals surface area contributed by atoms with Crippen LogP contribution in [0.4, 0.5) is 4.39 Å². The number of benzene rings is 1. The summed E-state index contributed by atoms with van der Waals surface area (Å²) in [6.45, 7) is 0. The Morgan fingerprint density at radius 1 is 1.31 bits per heavy atom. The molecule has 16 heavy (non-hydrogen) atoms. The fourth-order valence-electron chi connectivity index (χ4n) is 2.38. The Morgan fingerprint density at radius 3 is 2.81 bits per heavy atom. The van der Waals surface area contributed by atoms with E-state index in [-0.39, 0.29) is 11.9 Å². The van der Waals surface area contributed by atoms with Crippen molar-refractivity contribution < 1.29 is 4.39 Å². The Bertz CT molecular complexity index is 384. The molecule has 0 amide bonds. The monoisotopic (exact) mass is 219 g/mol. The van der Waals surface area contributed by atoms with Crippen LogP contribution in [-0.4, -0.2) is 7.05 Å². The molecule has 0 heterocycles. The van der Waals surface area contributed by atoms with Gasteiger partial charge in [-0.2, -0.15) is 0 Å². The smallest absolute Gasteiger partial charge is 0.123 e. The van der Waals surface area contributed by atoms with Crippen LogP contribution in [0.3, 0.4) is 0 Å². The number of allylic oxidation sites excluding steroid dienone is 1. The summed E-state index contributed by atoms with van der Waals surface area (Å²) >= 11 is 0. The fraction of sp³-hybridized carbons (Fsp3) is 0.429. The summed E-state index contributed by atoms with van der Waals surface area (Å²) in [6, 6.07) is 7.05. The number of likely N-dealkylation sites (N-methyl/N-ethyl adjacent to an activating group) is 1. The Hall–Kier alpha value is -1.15. The second-order valence-electron chi connectivity index (χ2n) is 4.30. The van der Waals surface area contributed by atoms with Gasteiger partial charge in [0.05, 0.1) is 6.04 Å². The van der Waals surface area contributed by atoms with Gasteiger partial charge in [-0.25, -0.2) is 4.39 Å². The lowest BCUT2D eigenvalue weighted by Gasteiger charge is -2.23. The van der Waals surface area contributed by atoms with E-state index in [1.54, 1.807) is 12.1 Å². The van der Waals surface area contributed by atoms with Crippen LogP contribution in [0.25, 0.3) is 0 Å². The van der Waals surface area contributed by atoms with E-state index in [9.17, 15) is 4.39 Å². The zero-order chi connectivity index (χ0) is 11.4. The van der Waals surface area contributed by atoms with Crippen LogP contribution in [0, 0.1) is 5.82 Å². The third kappa shape index (κ3) is 2.50. The molecule has 0 bridgehead atoms. The number of hydrogen-bond acceptors (Lipinski definition) is 1. The molecule has 0 saturated carbocycles. The van der Waals surface area contributed by atoms with E-state index in [0.717, 1.165) is 18.4 Å². The lowest BCUT2D eigenvalue weighted by Crippen LogP contribution is -2.19. The maximum atomic E-state index is 13.2. The van der Waals surface area contributed by atoms with Crippen molar-refractivity contribution >= 4 is 0 Å². The van der Waals surface area contributed by atoms with Crippen molar-refractivity contribution in [1.82, 2.24) is 5.32 Å². The maximum absolute atomic E-state index is 13.2. The molecule has 1 atom stereocenters. The highest BCUT2D eigenvalue weighted by Crippen LogP contribution is 2.29. The van der Waals surface area contributed by atoms with Crippen molar-refractivity contribution in [3.8, 4) is 0 Å². The van der Waals surface area contributed by atoms with Gasteiger partial charge < -0.3 is 5.32 Å².